The molecule has 0 radical (unpaired) electrons. The fourth-order valence-electron chi connectivity index (χ4n) is 6.13. The lowest BCUT2D eigenvalue weighted by atomic mass is 9.64. The summed E-state index contributed by atoms with van der Waals surface area (Å²) in [7, 11) is 1.43. The Labute approximate surface area is 170 Å². The third-order valence-corrected chi connectivity index (χ3v) is 7.31. The second-order valence-electron chi connectivity index (χ2n) is 8.76. The summed E-state index contributed by atoms with van der Waals surface area (Å²) in [4.78, 5) is 30.6. The van der Waals surface area contributed by atoms with Gasteiger partial charge in [0.15, 0.2) is 0 Å². The van der Waals surface area contributed by atoms with E-state index < -0.39 is 0 Å². The van der Waals surface area contributed by atoms with Gasteiger partial charge in [0, 0.05) is 36.6 Å². The number of H-pyrrole nitrogens is 1. The Bertz CT molecular complexity index is 952. The van der Waals surface area contributed by atoms with Crippen LogP contribution in [0, 0.1) is 17.8 Å². The number of nitrogens with zero attached hydrogens (tertiary/aromatic N) is 1. The summed E-state index contributed by atoms with van der Waals surface area (Å²) in [5, 5.41) is 1.32. The molecular weight excluding hydrogens is 368 g/mol. The van der Waals surface area contributed by atoms with Crippen LogP contribution in [0.2, 0.25) is 0 Å². The Morgan fingerprint density at radius 3 is 2.83 bits per heavy atom. The van der Waals surface area contributed by atoms with Crippen LogP contribution in [0.15, 0.2) is 24.3 Å². The first-order chi connectivity index (χ1) is 14.1. The zero-order chi connectivity index (χ0) is 20.1. The zero-order valence-corrected chi connectivity index (χ0v) is 17.0. The minimum Gasteiger partial charge on any atom is -0.469 e. The Balaban J connectivity index is 1.50. The van der Waals surface area contributed by atoms with Crippen molar-refractivity contribution < 1.29 is 19.1 Å². The molecule has 5 rings (SSSR count). The topological polar surface area (TPSA) is 71.6 Å². The van der Waals surface area contributed by atoms with Crippen LogP contribution in [0.25, 0.3) is 10.9 Å². The molecule has 0 amide bonds. The molecule has 1 aliphatic carbocycles. The Hall–Kier alpha value is -2.34. The summed E-state index contributed by atoms with van der Waals surface area (Å²) >= 11 is 0. The number of para-hydroxylation sites is 1. The number of carbonyl (C=O) groups excluding carboxylic acids is 2. The van der Waals surface area contributed by atoms with Gasteiger partial charge in [-0.3, -0.25) is 14.5 Å². The number of aromatic nitrogens is 1. The predicted octanol–water partition coefficient (Wildman–Crippen LogP) is 3.22. The average molecular weight is 396 g/mol. The number of ether oxygens (including phenoxy) is 2. The third-order valence-electron chi connectivity index (χ3n) is 7.31. The van der Waals surface area contributed by atoms with Crippen LogP contribution in [0.3, 0.4) is 0 Å². The predicted molar refractivity (Wildman–Crippen MR) is 108 cm³/mol. The van der Waals surface area contributed by atoms with Gasteiger partial charge in [0.05, 0.1) is 19.1 Å². The number of nitrogens with one attached hydrogen (secondary N) is 1. The fraction of sp³-hybridized carbons (Fsp3) is 0.565. The molecule has 2 aromatic rings. The maximum Gasteiger partial charge on any atom is 0.312 e. The maximum absolute atomic E-state index is 12.7. The lowest BCUT2D eigenvalue weighted by Gasteiger charge is -2.51. The van der Waals surface area contributed by atoms with Crippen molar-refractivity contribution in [3.8, 4) is 0 Å². The molecule has 3 heterocycles. The molecule has 1 aromatic heterocycles. The van der Waals surface area contributed by atoms with E-state index in [2.05, 4.69) is 34.1 Å². The monoisotopic (exact) mass is 396 g/mol. The van der Waals surface area contributed by atoms with Crippen molar-refractivity contribution in [1.82, 2.24) is 9.88 Å². The number of hydrogen-bond acceptors (Lipinski definition) is 5. The summed E-state index contributed by atoms with van der Waals surface area (Å²) < 4.78 is 10.7. The summed E-state index contributed by atoms with van der Waals surface area (Å²) in [6.45, 7) is 3.46. The molecule has 0 spiro atoms. The van der Waals surface area contributed by atoms with Crippen LogP contribution in [0.4, 0.5) is 0 Å². The maximum atomic E-state index is 12.7. The van der Waals surface area contributed by atoms with Gasteiger partial charge >= 0.3 is 11.9 Å². The molecule has 1 N–H and O–H groups in total. The largest absolute Gasteiger partial charge is 0.469 e. The molecule has 2 aliphatic heterocycles. The van der Waals surface area contributed by atoms with Gasteiger partial charge < -0.3 is 14.5 Å². The fourth-order valence-corrected chi connectivity index (χ4v) is 6.13. The molecule has 1 aromatic carbocycles. The third kappa shape index (κ3) is 3.05. The summed E-state index contributed by atoms with van der Waals surface area (Å²) in [6, 6.07) is 8.77. The second kappa shape index (κ2) is 7.17. The number of fused-ring (bicyclic) bond motifs is 6. The quantitative estimate of drug-likeness (QED) is 0.789. The van der Waals surface area contributed by atoms with Gasteiger partial charge in [0.1, 0.15) is 6.10 Å². The molecule has 5 unspecified atom stereocenters. The number of benzene rings is 1. The van der Waals surface area contributed by atoms with E-state index in [0.29, 0.717) is 5.92 Å². The van der Waals surface area contributed by atoms with Crippen LogP contribution >= 0.6 is 0 Å². The Morgan fingerprint density at radius 1 is 1.21 bits per heavy atom. The standard InChI is InChI=1S/C23H28N2O4/c1-13(26)29-20-8-7-14-12-25-10-9-16-15-5-3-4-6-18(15)24-22(16)19(25)11-17(14)21(20)23(27)28-2/h3-6,14,17,19-21,24H,7-12H2,1-2H3. The normalized spacial score (nSPS) is 31.4. The number of rotatable bonds is 2. The van der Waals surface area contributed by atoms with Crippen LogP contribution in [-0.4, -0.2) is 48.1 Å². The number of carbonyl (C=O) groups is 2. The lowest BCUT2D eigenvalue weighted by molar-refractivity contribution is -0.171. The highest BCUT2D eigenvalue weighted by atomic mass is 16.6. The van der Waals surface area contributed by atoms with E-state index in [4.69, 9.17) is 9.47 Å². The molecule has 0 bridgehead atoms. The van der Waals surface area contributed by atoms with Gasteiger partial charge in [0.25, 0.3) is 0 Å². The summed E-state index contributed by atoms with van der Waals surface area (Å²) in [5.41, 5.74) is 3.91. The smallest absolute Gasteiger partial charge is 0.312 e. The molecular formula is C23H28N2O4. The Morgan fingerprint density at radius 2 is 2.03 bits per heavy atom. The van der Waals surface area contributed by atoms with Crippen molar-refractivity contribution in [2.24, 2.45) is 17.8 Å². The molecule has 3 aliphatic rings. The van der Waals surface area contributed by atoms with Crippen LogP contribution < -0.4 is 0 Å². The molecule has 6 heteroatoms. The van der Waals surface area contributed by atoms with Gasteiger partial charge in [-0.25, -0.2) is 0 Å². The highest BCUT2D eigenvalue weighted by molar-refractivity contribution is 5.85. The summed E-state index contributed by atoms with van der Waals surface area (Å²) in [5.74, 6) is -0.339. The summed E-state index contributed by atoms with van der Waals surface area (Å²) in [6.07, 6.45) is 3.29. The van der Waals surface area contributed by atoms with Gasteiger partial charge in [-0.2, -0.15) is 0 Å². The van der Waals surface area contributed by atoms with Crippen LogP contribution in [0.5, 0.6) is 0 Å². The van der Waals surface area contributed by atoms with Crippen LogP contribution in [0.1, 0.15) is 43.5 Å². The molecule has 5 atom stereocenters. The van der Waals surface area contributed by atoms with Crippen LogP contribution in [-0.2, 0) is 25.5 Å². The van der Waals surface area contributed by atoms with E-state index in [0.717, 1.165) is 38.8 Å². The van der Waals surface area contributed by atoms with E-state index in [9.17, 15) is 9.59 Å². The van der Waals surface area contributed by atoms with E-state index in [-0.39, 0.29) is 35.9 Å². The minimum absolute atomic E-state index is 0.166. The highest BCUT2D eigenvalue weighted by Gasteiger charge is 2.51. The van der Waals surface area contributed by atoms with Crippen molar-refractivity contribution in [3.63, 3.8) is 0 Å². The van der Waals surface area contributed by atoms with E-state index in [1.54, 1.807) is 0 Å². The highest BCUT2D eigenvalue weighted by Crippen LogP contribution is 2.49. The molecule has 2 fully saturated rings. The Kier molecular flexibility index (Phi) is 4.62. The van der Waals surface area contributed by atoms with Crippen molar-refractivity contribution in [2.75, 3.05) is 20.2 Å². The van der Waals surface area contributed by atoms with Gasteiger partial charge in [0.2, 0.25) is 0 Å². The second-order valence-corrected chi connectivity index (χ2v) is 8.76. The first kappa shape index (κ1) is 18.7. The minimum atomic E-state index is -0.376. The first-order valence-corrected chi connectivity index (χ1v) is 10.7. The molecule has 6 nitrogen and oxygen atoms in total. The van der Waals surface area contributed by atoms with E-state index >= 15 is 0 Å². The average Bonchev–Trinajstić information content (AvgIpc) is 3.10. The molecule has 1 saturated carbocycles. The van der Waals surface area contributed by atoms with Gasteiger partial charge in [-0.15, -0.1) is 0 Å². The number of methoxy groups -OCH3 is 1. The number of piperidine rings is 1. The first-order valence-electron chi connectivity index (χ1n) is 10.7. The van der Waals surface area contributed by atoms with Gasteiger partial charge in [-0.05, 0) is 49.1 Å². The molecule has 154 valence electrons. The van der Waals surface area contributed by atoms with Crippen molar-refractivity contribution in [1.29, 1.82) is 0 Å². The van der Waals surface area contributed by atoms with Gasteiger partial charge in [-0.1, -0.05) is 18.2 Å². The van der Waals surface area contributed by atoms with Crippen molar-refractivity contribution in [3.05, 3.63) is 35.5 Å². The van der Waals surface area contributed by atoms with Crippen molar-refractivity contribution in [2.45, 2.75) is 44.8 Å². The lowest BCUT2D eigenvalue weighted by Crippen LogP contribution is -2.54. The number of hydrogen-bond donors (Lipinski definition) is 1. The van der Waals surface area contributed by atoms with E-state index in [1.807, 2.05) is 0 Å². The van der Waals surface area contributed by atoms with E-state index in [1.165, 1.54) is 36.2 Å². The molecule has 29 heavy (non-hydrogen) atoms. The zero-order valence-electron chi connectivity index (χ0n) is 17.0. The SMILES string of the molecule is COC(=O)C1C(OC(C)=O)CCC2CN3CCc4c([nH]c5ccccc45)C3CC21. The number of aromatic amines is 1. The number of esters is 2. The molecule has 1 saturated heterocycles. The van der Waals surface area contributed by atoms with Crippen molar-refractivity contribution >= 4 is 22.8 Å².